The molecule has 0 unspecified atom stereocenters. The molecule has 0 spiro atoms. The minimum Gasteiger partial charge on any atom is -0.299 e. The van der Waals surface area contributed by atoms with E-state index in [1.54, 1.807) is 0 Å². The van der Waals surface area contributed by atoms with E-state index in [0.29, 0.717) is 11.7 Å². The highest BCUT2D eigenvalue weighted by Gasteiger charge is 2.44. The molecule has 84 valence electrons. The molecule has 1 nitrogen and oxygen atoms in total. The van der Waals surface area contributed by atoms with Crippen LogP contribution >= 0.6 is 0 Å². The van der Waals surface area contributed by atoms with Gasteiger partial charge in [0.05, 0.1) is 0 Å². The van der Waals surface area contributed by atoms with E-state index in [-0.39, 0.29) is 5.41 Å². The Kier molecular flexibility index (Phi) is 2.74. The number of rotatable bonds is 0. The van der Waals surface area contributed by atoms with E-state index in [2.05, 4.69) is 26.8 Å². The Morgan fingerprint density at radius 3 is 2.73 bits per heavy atom. The molecule has 0 saturated heterocycles. The van der Waals surface area contributed by atoms with Crippen LogP contribution in [0.5, 0.6) is 0 Å². The molecular formula is C14H22O. The van der Waals surface area contributed by atoms with E-state index in [4.69, 9.17) is 0 Å². The van der Waals surface area contributed by atoms with Crippen molar-refractivity contribution >= 4 is 5.78 Å². The van der Waals surface area contributed by atoms with Crippen molar-refractivity contribution in [1.29, 1.82) is 0 Å². The smallest absolute Gasteiger partial charge is 0.136 e. The van der Waals surface area contributed by atoms with Gasteiger partial charge in [0.1, 0.15) is 5.78 Å². The molecule has 0 amide bonds. The maximum absolute atomic E-state index is 12.0. The van der Waals surface area contributed by atoms with Crippen LogP contribution in [0.25, 0.3) is 0 Å². The first-order valence-corrected chi connectivity index (χ1v) is 6.20. The van der Waals surface area contributed by atoms with Crippen molar-refractivity contribution in [3.63, 3.8) is 0 Å². The second kappa shape index (κ2) is 3.77. The molecule has 0 radical (unpaired) electrons. The zero-order chi connectivity index (χ0) is 11.1. The molecule has 1 saturated carbocycles. The Morgan fingerprint density at radius 2 is 2.00 bits per heavy atom. The normalized spacial score (nSPS) is 38.9. The number of hydrogen-bond donors (Lipinski definition) is 0. The fourth-order valence-corrected chi connectivity index (χ4v) is 3.33. The number of fused-ring (bicyclic) bond motifs is 2. The van der Waals surface area contributed by atoms with Crippen LogP contribution in [0.3, 0.4) is 0 Å². The van der Waals surface area contributed by atoms with Gasteiger partial charge >= 0.3 is 0 Å². The molecule has 2 rings (SSSR count). The predicted molar refractivity (Wildman–Crippen MR) is 62.6 cm³/mol. The van der Waals surface area contributed by atoms with E-state index < -0.39 is 0 Å². The summed E-state index contributed by atoms with van der Waals surface area (Å²) in [4.78, 5) is 12.0. The van der Waals surface area contributed by atoms with Crippen LogP contribution in [0.1, 0.15) is 52.9 Å². The fraction of sp³-hybridized carbons (Fsp3) is 0.786. The number of allylic oxidation sites excluding steroid dienone is 2. The standard InChI is InChI=1S/C14H22O/c1-10-4-6-11-7-9-13(15)12(8-5-10)14(11,2)3/h4,11-12H,5-9H2,1-3H3/b10-4-/t11-,12+/m1/s1. The first-order chi connectivity index (χ1) is 7.01. The highest BCUT2D eigenvalue weighted by Crippen LogP contribution is 2.48. The summed E-state index contributed by atoms with van der Waals surface area (Å²) < 4.78 is 0. The van der Waals surface area contributed by atoms with Crippen molar-refractivity contribution in [3.05, 3.63) is 11.6 Å². The molecule has 1 heteroatoms. The largest absolute Gasteiger partial charge is 0.299 e. The number of Topliss-reactive ketones (excluding diaryl/α,β-unsaturated/α-hetero) is 1. The van der Waals surface area contributed by atoms with Gasteiger partial charge in [0.25, 0.3) is 0 Å². The first-order valence-electron chi connectivity index (χ1n) is 6.20. The summed E-state index contributed by atoms with van der Waals surface area (Å²) in [5.74, 6) is 1.56. The Hall–Kier alpha value is -0.590. The molecule has 2 aliphatic rings. The Labute approximate surface area is 92.9 Å². The third kappa shape index (κ3) is 1.89. The number of ketones is 1. The first kappa shape index (κ1) is 10.9. The van der Waals surface area contributed by atoms with Crippen molar-refractivity contribution in [1.82, 2.24) is 0 Å². The molecule has 2 atom stereocenters. The average molecular weight is 206 g/mol. The summed E-state index contributed by atoms with van der Waals surface area (Å²) in [7, 11) is 0. The lowest BCUT2D eigenvalue weighted by atomic mass is 9.58. The molecule has 0 N–H and O–H groups in total. The van der Waals surface area contributed by atoms with Crippen LogP contribution in [0, 0.1) is 17.3 Å². The van der Waals surface area contributed by atoms with Crippen LogP contribution in [0.4, 0.5) is 0 Å². The predicted octanol–water partition coefficient (Wildman–Crippen LogP) is 3.74. The Bertz CT molecular complexity index is 298. The van der Waals surface area contributed by atoms with E-state index in [1.807, 2.05) is 0 Å². The summed E-state index contributed by atoms with van der Waals surface area (Å²) in [6.07, 6.45) is 7.70. The molecule has 2 bridgehead atoms. The van der Waals surface area contributed by atoms with Crippen LogP contribution in [0.2, 0.25) is 0 Å². The van der Waals surface area contributed by atoms with Gasteiger partial charge < -0.3 is 0 Å². The zero-order valence-electron chi connectivity index (χ0n) is 10.2. The number of carbonyl (C=O) groups excluding carboxylic acids is 1. The maximum atomic E-state index is 12.0. The van der Waals surface area contributed by atoms with Gasteiger partial charge in [-0.1, -0.05) is 25.5 Å². The van der Waals surface area contributed by atoms with Gasteiger partial charge in [-0.05, 0) is 43.9 Å². The molecule has 0 aromatic heterocycles. The third-order valence-corrected chi connectivity index (χ3v) is 4.66. The van der Waals surface area contributed by atoms with Crippen LogP contribution in [0.15, 0.2) is 11.6 Å². The van der Waals surface area contributed by atoms with Crippen molar-refractivity contribution in [2.45, 2.75) is 52.9 Å². The monoisotopic (exact) mass is 206 g/mol. The molecule has 0 aromatic rings. The molecule has 1 fully saturated rings. The lowest BCUT2D eigenvalue weighted by molar-refractivity contribution is -0.132. The summed E-state index contributed by atoms with van der Waals surface area (Å²) in [6.45, 7) is 6.81. The van der Waals surface area contributed by atoms with Gasteiger partial charge in [0.15, 0.2) is 0 Å². The zero-order valence-corrected chi connectivity index (χ0v) is 10.2. The number of carbonyl (C=O) groups is 1. The van der Waals surface area contributed by atoms with E-state index in [9.17, 15) is 4.79 Å². The molecule has 0 aromatic carbocycles. The summed E-state index contributed by atoms with van der Waals surface area (Å²) in [5.41, 5.74) is 1.71. The average Bonchev–Trinajstić information content (AvgIpc) is 2.14. The van der Waals surface area contributed by atoms with Gasteiger partial charge in [0, 0.05) is 12.3 Å². The highest BCUT2D eigenvalue weighted by atomic mass is 16.1. The van der Waals surface area contributed by atoms with Gasteiger partial charge in [-0.25, -0.2) is 0 Å². The van der Waals surface area contributed by atoms with E-state index >= 15 is 0 Å². The van der Waals surface area contributed by atoms with Gasteiger partial charge in [-0.3, -0.25) is 4.79 Å². The minimum atomic E-state index is 0.229. The van der Waals surface area contributed by atoms with Crippen LogP contribution in [-0.2, 0) is 4.79 Å². The quantitative estimate of drug-likeness (QED) is 0.552. The fourth-order valence-electron chi connectivity index (χ4n) is 3.33. The summed E-state index contributed by atoms with van der Waals surface area (Å²) >= 11 is 0. The molecule has 0 aliphatic heterocycles. The summed E-state index contributed by atoms with van der Waals surface area (Å²) in [5, 5.41) is 0. The van der Waals surface area contributed by atoms with Gasteiger partial charge in [0.2, 0.25) is 0 Å². The molecule has 15 heavy (non-hydrogen) atoms. The lowest BCUT2D eigenvalue weighted by Gasteiger charge is -2.45. The second-order valence-electron chi connectivity index (χ2n) is 5.90. The Morgan fingerprint density at radius 1 is 1.27 bits per heavy atom. The lowest BCUT2D eigenvalue weighted by Crippen LogP contribution is -2.42. The third-order valence-electron chi connectivity index (χ3n) is 4.66. The highest BCUT2D eigenvalue weighted by molar-refractivity contribution is 5.82. The SMILES string of the molecule is C/C1=C/C[C@@H]2CCC(=O)[C@H](CC1)C2(C)C. The minimum absolute atomic E-state index is 0.229. The van der Waals surface area contributed by atoms with E-state index in [1.165, 1.54) is 12.0 Å². The Balaban J connectivity index is 2.30. The summed E-state index contributed by atoms with van der Waals surface area (Å²) in [6, 6.07) is 0. The maximum Gasteiger partial charge on any atom is 0.136 e. The van der Waals surface area contributed by atoms with E-state index in [0.717, 1.165) is 31.6 Å². The van der Waals surface area contributed by atoms with Crippen molar-refractivity contribution in [2.24, 2.45) is 17.3 Å². The van der Waals surface area contributed by atoms with Crippen LogP contribution < -0.4 is 0 Å². The molecule has 0 heterocycles. The van der Waals surface area contributed by atoms with Crippen molar-refractivity contribution < 1.29 is 4.79 Å². The molecule has 2 aliphatic carbocycles. The van der Waals surface area contributed by atoms with Gasteiger partial charge in [-0.2, -0.15) is 0 Å². The topological polar surface area (TPSA) is 17.1 Å². The van der Waals surface area contributed by atoms with Gasteiger partial charge in [-0.15, -0.1) is 0 Å². The van der Waals surface area contributed by atoms with Crippen LogP contribution in [-0.4, -0.2) is 5.78 Å². The van der Waals surface area contributed by atoms with Crippen molar-refractivity contribution in [3.8, 4) is 0 Å². The van der Waals surface area contributed by atoms with Crippen molar-refractivity contribution in [2.75, 3.05) is 0 Å². The number of hydrogen-bond acceptors (Lipinski definition) is 1. The second-order valence-corrected chi connectivity index (χ2v) is 5.90. The molecular weight excluding hydrogens is 184 g/mol.